The summed E-state index contributed by atoms with van der Waals surface area (Å²) in [6.07, 6.45) is 0. The molecule has 0 saturated heterocycles. The Morgan fingerprint density at radius 3 is 2.64 bits per heavy atom. The molecular formula is C17H18BrNO3. The quantitative estimate of drug-likeness (QED) is 0.753. The van der Waals surface area contributed by atoms with E-state index in [4.69, 9.17) is 4.74 Å². The van der Waals surface area contributed by atoms with Crippen LogP contribution in [0, 0.1) is 13.8 Å². The first-order chi connectivity index (χ1) is 10.5. The van der Waals surface area contributed by atoms with Crippen molar-refractivity contribution in [3.63, 3.8) is 0 Å². The molecule has 0 atom stereocenters. The Hall–Kier alpha value is -2.01. The van der Waals surface area contributed by atoms with Crippen molar-refractivity contribution < 1.29 is 14.6 Å². The van der Waals surface area contributed by atoms with Gasteiger partial charge in [0, 0.05) is 16.7 Å². The minimum absolute atomic E-state index is 0.237. The Morgan fingerprint density at radius 1 is 1.18 bits per heavy atom. The standard InChI is InChI=1S/C17H18BrNO3/c1-11-3-5-14(9-12(11)2)22-8-7-19-16-6-4-13(18)10-15(16)17(20)21/h3-6,9-10,19H,7-8H2,1-2H3,(H,20,21). The maximum Gasteiger partial charge on any atom is 0.337 e. The summed E-state index contributed by atoms with van der Waals surface area (Å²) >= 11 is 3.27. The fourth-order valence-corrected chi connectivity index (χ4v) is 2.37. The van der Waals surface area contributed by atoms with E-state index in [0.29, 0.717) is 18.8 Å². The van der Waals surface area contributed by atoms with E-state index >= 15 is 0 Å². The zero-order valence-corrected chi connectivity index (χ0v) is 14.1. The van der Waals surface area contributed by atoms with Gasteiger partial charge >= 0.3 is 5.97 Å². The van der Waals surface area contributed by atoms with E-state index in [1.807, 2.05) is 25.1 Å². The monoisotopic (exact) mass is 363 g/mol. The first kappa shape index (κ1) is 16.4. The van der Waals surface area contributed by atoms with Crippen LogP contribution in [0.25, 0.3) is 0 Å². The van der Waals surface area contributed by atoms with Crippen molar-refractivity contribution in [2.45, 2.75) is 13.8 Å². The normalized spacial score (nSPS) is 10.3. The molecule has 0 heterocycles. The minimum Gasteiger partial charge on any atom is -0.492 e. The highest BCUT2D eigenvalue weighted by Crippen LogP contribution is 2.21. The van der Waals surface area contributed by atoms with Crippen molar-refractivity contribution in [2.24, 2.45) is 0 Å². The molecule has 0 aromatic heterocycles. The highest BCUT2D eigenvalue weighted by Gasteiger charge is 2.10. The number of hydrogen-bond acceptors (Lipinski definition) is 3. The lowest BCUT2D eigenvalue weighted by atomic mass is 10.1. The van der Waals surface area contributed by atoms with Crippen LogP contribution in [0.4, 0.5) is 5.69 Å². The van der Waals surface area contributed by atoms with Crippen molar-refractivity contribution in [1.82, 2.24) is 0 Å². The number of aromatic carboxylic acids is 1. The summed E-state index contributed by atoms with van der Waals surface area (Å²) in [6, 6.07) is 11.1. The molecule has 0 fully saturated rings. The summed E-state index contributed by atoms with van der Waals surface area (Å²) in [7, 11) is 0. The van der Waals surface area contributed by atoms with Crippen molar-refractivity contribution in [2.75, 3.05) is 18.5 Å². The third kappa shape index (κ3) is 4.24. The van der Waals surface area contributed by atoms with Crippen molar-refractivity contribution >= 4 is 27.6 Å². The maximum absolute atomic E-state index is 11.2. The third-order valence-electron chi connectivity index (χ3n) is 3.38. The van der Waals surface area contributed by atoms with Gasteiger partial charge in [0.05, 0.1) is 5.56 Å². The van der Waals surface area contributed by atoms with Crippen LogP contribution in [-0.4, -0.2) is 24.2 Å². The van der Waals surface area contributed by atoms with Crippen LogP contribution in [-0.2, 0) is 0 Å². The van der Waals surface area contributed by atoms with Gasteiger partial charge in [-0.2, -0.15) is 0 Å². The van der Waals surface area contributed by atoms with Gasteiger partial charge in [-0.15, -0.1) is 0 Å². The fourth-order valence-electron chi connectivity index (χ4n) is 2.01. The third-order valence-corrected chi connectivity index (χ3v) is 3.87. The molecule has 0 radical (unpaired) electrons. The number of anilines is 1. The average molecular weight is 364 g/mol. The number of carbonyl (C=O) groups is 1. The number of ether oxygens (including phenoxy) is 1. The van der Waals surface area contributed by atoms with Gasteiger partial charge in [0.1, 0.15) is 12.4 Å². The van der Waals surface area contributed by atoms with Crippen molar-refractivity contribution in [3.05, 3.63) is 57.6 Å². The Balaban J connectivity index is 1.91. The van der Waals surface area contributed by atoms with Gasteiger partial charge in [-0.05, 0) is 55.3 Å². The molecule has 0 saturated carbocycles. The molecule has 2 rings (SSSR count). The molecule has 0 spiro atoms. The number of halogens is 1. The number of hydrogen-bond donors (Lipinski definition) is 2. The molecule has 22 heavy (non-hydrogen) atoms. The van der Waals surface area contributed by atoms with Crippen LogP contribution >= 0.6 is 15.9 Å². The van der Waals surface area contributed by atoms with Gasteiger partial charge in [0.2, 0.25) is 0 Å². The predicted octanol–water partition coefficient (Wildman–Crippen LogP) is 4.26. The molecule has 0 amide bonds. The second-order valence-corrected chi connectivity index (χ2v) is 5.93. The molecule has 0 aliphatic heterocycles. The van der Waals surface area contributed by atoms with E-state index < -0.39 is 5.97 Å². The molecule has 116 valence electrons. The number of nitrogens with one attached hydrogen (secondary N) is 1. The van der Waals surface area contributed by atoms with Gasteiger partial charge in [0.25, 0.3) is 0 Å². The second-order valence-electron chi connectivity index (χ2n) is 5.02. The predicted molar refractivity (Wildman–Crippen MR) is 91.0 cm³/mol. The molecule has 0 aliphatic rings. The number of rotatable bonds is 6. The van der Waals surface area contributed by atoms with Crippen LogP contribution in [0.1, 0.15) is 21.5 Å². The van der Waals surface area contributed by atoms with E-state index in [1.54, 1.807) is 18.2 Å². The van der Waals surface area contributed by atoms with Gasteiger partial charge in [-0.3, -0.25) is 0 Å². The summed E-state index contributed by atoms with van der Waals surface area (Å²) in [6.45, 7) is 5.08. The molecule has 0 unspecified atom stereocenters. The molecular weight excluding hydrogens is 346 g/mol. The lowest BCUT2D eigenvalue weighted by molar-refractivity contribution is 0.0698. The Kier molecular flexibility index (Phi) is 5.44. The van der Waals surface area contributed by atoms with E-state index in [1.165, 1.54) is 11.1 Å². The SMILES string of the molecule is Cc1ccc(OCCNc2ccc(Br)cc2C(=O)O)cc1C. The summed E-state index contributed by atoms with van der Waals surface area (Å²) in [5.74, 6) is -0.141. The van der Waals surface area contributed by atoms with Gasteiger partial charge in [-0.25, -0.2) is 4.79 Å². The second kappa shape index (κ2) is 7.31. The number of aryl methyl sites for hydroxylation is 2. The molecule has 2 aromatic carbocycles. The highest BCUT2D eigenvalue weighted by molar-refractivity contribution is 9.10. The highest BCUT2D eigenvalue weighted by atomic mass is 79.9. The first-order valence-corrected chi connectivity index (χ1v) is 7.73. The zero-order valence-electron chi connectivity index (χ0n) is 12.5. The molecule has 2 N–H and O–H groups in total. The molecule has 2 aromatic rings. The van der Waals surface area contributed by atoms with Crippen molar-refractivity contribution in [3.8, 4) is 5.75 Å². The molecule has 5 heteroatoms. The van der Waals surface area contributed by atoms with E-state index in [0.717, 1.165) is 10.2 Å². The fraction of sp³-hybridized carbons (Fsp3) is 0.235. The summed E-state index contributed by atoms with van der Waals surface area (Å²) in [5.41, 5.74) is 3.23. The Morgan fingerprint density at radius 2 is 1.95 bits per heavy atom. The van der Waals surface area contributed by atoms with Crippen LogP contribution < -0.4 is 10.1 Å². The van der Waals surface area contributed by atoms with Gasteiger partial charge < -0.3 is 15.2 Å². The zero-order chi connectivity index (χ0) is 16.1. The molecule has 0 bridgehead atoms. The number of carboxylic acid groups (broad SMARTS) is 1. The van der Waals surface area contributed by atoms with E-state index in [9.17, 15) is 9.90 Å². The van der Waals surface area contributed by atoms with Crippen molar-refractivity contribution in [1.29, 1.82) is 0 Å². The maximum atomic E-state index is 11.2. The Labute approximate surface area is 138 Å². The van der Waals surface area contributed by atoms with E-state index in [-0.39, 0.29) is 5.56 Å². The first-order valence-electron chi connectivity index (χ1n) is 6.94. The van der Waals surface area contributed by atoms with Crippen LogP contribution in [0.2, 0.25) is 0 Å². The van der Waals surface area contributed by atoms with Gasteiger partial charge in [0.15, 0.2) is 0 Å². The summed E-state index contributed by atoms with van der Waals surface area (Å²) in [4.78, 5) is 11.2. The van der Waals surface area contributed by atoms with Crippen LogP contribution in [0.15, 0.2) is 40.9 Å². The largest absolute Gasteiger partial charge is 0.492 e. The smallest absolute Gasteiger partial charge is 0.337 e. The number of benzene rings is 2. The number of carboxylic acids is 1. The summed E-state index contributed by atoms with van der Waals surface area (Å²) in [5, 5.41) is 12.3. The summed E-state index contributed by atoms with van der Waals surface area (Å²) < 4.78 is 6.41. The van der Waals surface area contributed by atoms with E-state index in [2.05, 4.69) is 28.2 Å². The van der Waals surface area contributed by atoms with Gasteiger partial charge in [-0.1, -0.05) is 22.0 Å². The lowest BCUT2D eigenvalue weighted by Gasteiger charge is -2.12. The topological polar surface area (TPSA) is 58.6 Å². The average Bonchev–Trinajstić information content (AvgIpc) is 2.48. The Bertz CT molecular complexity index is 686. The minimum atomic E-state index is -0.959. The molecule has 4 nitrogen and oxygen atoms in total. The van der Waals surface area contributed by atoms with Crippen LogP contribution in [0.5, 0.6) is 5.75 Å². The lowest BCUT2D eigenvalue weighted by Crippen LogP contribution is -2.14. The molecule has 0 aliphatic carbocycles. The van der Waals surface area contributed by atoms with Crippen LogP contribution in [0.3, 0.4) is 0 Å².